The van der Waals surface area contributed by atoms with Crippen molar-refractivity contribution in [1.82, 2.24) is 16.1 Å². The standard InChI is InChI=1S/C7H16N4O3/c1-5(10-7(13)11-8)6(12)9-3-4-14-2/h5H,3-4,8H2,1-2H3,(H,9,12)(H2,10,11,13). The van der Waals surface area contributed by atoms with Crippen LogP contribution in [0.1, 0.15) is 6.92 Å². The molecule has 0 bridgehead atoms. The van der Waals surface area contributed by atoms with Crippen LogP contribution >= 0.6 is 0 Å². The minimum Gasteiger partial charge on any atom is -0.383 e. The summed E-state index contributed by atoms with van der Waals surface area (Å²) in [5.41, 5.74) is 1.86. The summed E-state index contributed by atoms with van der Waals surface area (Å²) >= 11 is 0. The zero-order valence-corrected chi connectivity index (χ0v) is 8.29. The Kier molecular flexibility index (Phi) is 6.42. The van der Waals surface area contributed by atoms with Crippen molar-refractivity contribution in [3.05, 3.63) is 0 Å². The van der Waals surface area contributed by atoms with Gasteiger partial charge in [-0.2, -0.15) is 0 Å². The number of nitrogens with two attached hydrogens (primary N) is 1. The molecule has 1 unspecified atom stereocenters. The summed E-state index contributed by atoms with van der Waals surface area (Å²) in [6.45, 7) is 2.39. The molecule has 7 nitrogen and oxygen atoms in total. The van der Waals surface area contributed by atoms with E-state index < -0.39 is 12.1 Å². The molecule has 0 saturated heterocycles. The molecule has 0 aromatic rings. The fraction of sp³-hybridized carbons (Fsp3) is 0.714. The Hall–Kier alpha value is -1.34. The van der Waals surface area contributed by atoms with Crippen LogP contribution in [0.5, 0.6) is 0 Å². The number of nitrogens with one attached hydrogen (secondary N) is 3. The van der Waals surface area contributed by atoms with Gasteiger partial charge in [0.2, 0.25) is 5.91 Å². The molecular formula is C7H16N4O3. The van der Waals surface area contributed by atoms with E-state index in [1.54, 1.807) is 6.92 Å². The molecule has 0 radical (unpaired) electrons. The maximum absolute atomic E-state index is 11.2. The molecule has 0 fully saturated rings. The minimum absolute atomic E-state index is 0.286. The summed E-state index contributed by atoms with van der Waals surface area (Å²) in [6.07, 6.45) is 0. The summed E-state index contributed by atoms with van der Waals surface area (Å²) in [5, 5.41) is 4.89. The first kappa shape index (κ1) is 12.7. The van der Waals surface area contributed by atoms with Crippen LogP contribution in [0.2, 0.25) is 0 Å². The van der Waals surface area contributed by atoms with Crippen molar-refractivity contribution in [3.8, 4) is 0 Å². The summed E-state index contributed by atoms with van der Waals surface area (Å²) in [6, 6.07) is -1.23. The zero-order chi connectivity index (χ0) is 11.0. The minimum atomic E-state index is -0.629. The third kappa shape index (κ3) is 5.33. The smallest absolute Gasteiger partial charge is 0.329 e. The van der Waals surface area contributed by atoms with Gasteiger partial charge in [0.05, 0.1) is 6.61 Å². The highest BCUT2D eigenvalue weighted by atomic mass is 16.5. The Morgan fingerprint density at radius 3 is 2.64 bits per heavy atom. The zero-order valence-electron chi connectivity index (χ0n) is 8.29. The van der Waals surface area contributed by atoms with E-state index in [9.17, 15) is 9.59 Å². The van der Waals surface area contributed by atoms with Gasteiger partial charge >= 0.3 is 6.03 Å². The van der Waals surface area contributed by atoms with E-state index in [2.05, 4.69) is 10.6 Å². The SMILES string of the molecule is COCCNC(=O)C(C)NC(=O)NN. The van der Waals surface area contributed by atoms with Crippen molar-refractivity contribution in [2.75, 3.05) is 20.3 Å². The number of urea groups is 1. The van der Waals surface area contributed by atoms with E-state index in [1.165, 1.54) is 7.11 Å². The van der Waals surface area contributed by atoms with Gasteiger partial charge in [-0.15, -0.1) is 0 Å². The van der Waals surface area contributed by atoms with Crippen LogP contribution in [0, 0.1) is 0 Å². The van der Waals surface area contributed by atoms with Gasteiger partial charge in [-0.1, -0.05) is 0 Å². The molecule has 1 atom stereocenters. The van der Waals surface area contributed by atoms with E-state index in [-0.39, 0.29) is 5.91 Å². The van der Waals surface area contributed by atoms with Gasteiger partial charge < -0.3 is 15.4 Å². The van der Waals surface area contributed by atoms with Crippen LogP contribution in [-0.2, 0) is 9.53 Å². The van der Waals surface area contributed by atoms with Crippen LogP contribution in [0.4, 0.5) is 4.79 Å². The van der Waals surface area contributed by atoms with E-state index >= 15 is 0 Å². The first-order valence-corrected chi connectivity index (χ1v) is 4.15. The lowest BCUT2D eigenvalue weighted by Crippen LogP contribution is -2.50. The molecule has 0 aliphatic rings. The van der Waals surface area contributed by atoms with Crippen LogP contribution in [0.3, 0.4) is 0 Å². The average molecular weight is 204 g/mol. The van der Waals surface area contributed by atoms with Gasteiger partial charge in [0.1, 0.15) is 6.04 Å². The van der Waals surface area contributed by atoms with Crippen molar-refractivity contribution in [2.24, 2.45) is 5.84 Å². The second-order valence-electron chi connectivity index (χ2n) is 2.62. The summed E-state index contributed by atoms with van der Waals surface area (Å²) in [7, 11) is 1.54. The Morgan fingerprint density at radius 2 is 2.14 bits per heavy atom. The Labute approximate surface area is 82.3 Å². The van der Waals surface area contributed by atoms with Gasteiger partial charge in [-0.05, 0) is 6.92 Å². The molecule has 7 heteroatoms. The molecule has 0 aromatic heterocycles. The quantitative estimate of drug-likeness (QED) is 0.185. The molecule has 82 valence electrons. The van der Waals surface area contributed by atoms with E-state index in [0.29, 0.717) is 13.2 Å². The van der Waals surface area contributed by atoms with E-state index in [0.717, 1.165) is 0 Å². The molecule has 0 aliphatic heterocycles. The Morgan fingerprint density at radius 1 is 1.50 bits per heavy atom. The van der Waals surface area contributed by atoms with Gasteiger partial charge in [0.25, 0.3) is 0 Å². The number of amides is 3. The van der Waals surface area contributed by atoms with Crippen molar-refractivity contribution >= 4 is 11.9 Å². The van der Waals surface area contributed by atoms with Crippen LogP contribution in [0.25, 0.3) is 0 Å². The number of carbonyl (C=O) groups is 2. The molecule has 14 heavy (non-hydrogen) atoms. The molecule has 3 amide bonds. The fourth-order valence-electron chi connectivity index (χ4n) is 0.733. The van der Waals surface area contributed by atoms with Crippen molar-refractivity contribution in [3.63, 3.8) is 0 Å². The third-order valence-electron chi connectivity index (χ3n) is 1.48. The highest BCUT2D eigenvalue weighted by Crippen LogP contribution is 1.81. The largest absolute Gasteiger partial charge is 0.383 e. The molecular weight excluding hydrogens is 188 g/mol. The lowest BCUT2D eigenvalue weighted by Gasteiger charge is -2.13. The lowest BCUT2D eigenvalue weighted by atomic mass is 10.3. The molecule has 0 aliphatic carbocycles. The number of hydrogen-bond donors (Lipinski definition) is 4. The van der Waals surface area contributed by atoms with Gasteiger partial charge in [-0.25, -0.2) is 10.6 Å². The summed E-state index contributed by atoms with van der Waals surface area (Å²) < 4.78 is 4.74. The molecule has 0 heterocycles. The topological polar surface area (TPSA) is 105 Å². The predicted octanol–water partition coefficient (Wildman–Crippen LogP) is -1.69. The molecule has 0 rings (SSSR count). The first-order chi connectivity index (χ1) is 6.61. The number of hydrazine groups is 1. The number of methoxy groups -OCH3 is 1. The van der Waals surface area contributed by atoms with Crippen LogP contribution in [0.15, 0.2) is 0 Å². The van der Waals surface area contributed by atoms with Crippen LogP contribution < -0.4 is 21.9 Å². The third-order valence-corrected chi connectivity index (χ3v) is 1.48. The van der Waals surface area contributed by atoms with Crippen molar-refractivity contribution in [2.45, 2.75) is 13.0 Å². The number of hydrogen-bond acceptors (Lipinski definition) is 4. The second kappa shape index (κ2) is 7.10. The normalized spacial score (nSPS) is 11.6. The fourth-order valence-corrected chi connectivity index (χ4v) is 0.733. The monoisotopic (exact) mass is 204 g/mol. The summed E-state index contributed by atoms with van der Waals surface area (Å²) in [5.74, 6) is 4.54. The maximum Gasteiger partial charge on any atom is 0.329 e. The molecule has 0 saturated carbocycles. The Balaban J connectivity index is 3.70. The maximum atomic E-state index is 11.2. The van der Waals surface area contributed by atoms with E-state index in [4.69, 9.17) is 10.6 Å². The first-order valence-electron chi connectivity index (χ1n) is 4.15. The van der Waals surface area contributed by atoms with Gasteiger partial charge in [0.15, 0.2) is 0 Å². The molecule has 5 N–H and O–H groups in total. The van der Waals surface area contributed by atoms with Gasteiger partial charge in [0, 0.05) is 13.7 Å². The molecule has 0 aromatic carbocycles. The Bertz CT molecular complexity index is 197. The van der Waals surface area contributed by atoms with E-state index in [1.807, 2.05) is 5.43 Å². The van der Waals surface area contributed by atoms with Crippen molar-refractivity contribution in [1.29, 1.82) is 0 Å². The highest BCUT2D eigenvalue weighted by Gasteiger charge is 2.13. The summed E-state index contributed by atoms with van der Waals surface area (Å²) in [4.78, 5) is 21.9. The van der Waals surface area contributed by atoms with Crippen LogP contribution in [-0.4, -0.2) is 38.2 Å². The van der Waals surface area contributed by atoms with Gasteiger partial charge in [-0.3, -0.25) is 10.2 Å². The average Bonchev–Trinajstić information content (AvgIpc) is 2.17. The number of rotatable bonds is 5. The number of ether oxygens (including phenoxy) is 1. The number of carbonyl (C=O) groups excluding carboxylic acids is 2. The van der Waals surface area contributed by atoms with Crippen molar-refractivity contribution < 1.29 is 14.3 Å². The highest BCUT2D eigenvalue weighted by molar-refractivity contribution is 5.86. The predicted molar refractivity (Wildman–Crippen MR) is 50.2 cm³/mol. The lowest BCUT2D eigenvalue weighted by molar-refractivity contribution is -0.122. The second-order valence-corrected chi connectivity index (χ2v) is 2.62. The molecule has 0 spiro atoms.